The minimum Gasteiger partial charge on any atom is -0.399 e. The SMILES string of the molecule is CC1C=CC(N)=CC1(Cl)S(=O)(=O)O. The summed E-state index contributed by atoms with van der Waals surface area (Å²) in [6.45, 7) is 1.58. The Labute approximate surface area is 81.8 Å². The second-order valence-electron chi connectivity index (χ2n) is 2.96. The maximum atomic E-state index is 11.0. The summed E-state index contributed by atoms with van der Waals surface area (Å²) in [5.41, 5.74) is 5.61. The number of hydrogen-bond acceptors (Lipinski definition) is 3. The highest BCUT2D eigenvalue weighted by Gasteiger charge is 2.44. The lowest BCUT2D eigenvalue weighted by atomic mass is 10.0. The van der Waals surface area contributed by atoms with Crippen LogP contribution in [0.4, 0.5) is 0 Å². The molecule has 74 valence electrons. The number of nitrogens with two attached hydrogens (primary N) is 1. The van der Waals surface area contributed by atoms with E-state index < -0.39 is 20.2 Å². The molecule has 0 bridgehead atoms. The van der Waals surface area contributed by atoms with Crippen LogP contribution in [0.5, 0.6) is 0 Å². The van der Waals surface area contributed by atoms with Gasteiger partial charge in [0.15, 0.2) is 4.21 Å². The molecule has 0 heterocycles. The Morgan fingerprint density at radius 2 is 2.23 bits per heavy atom. The van der Waals surface area contributed by atoms with E-state index in [0.717, 1.165) is 6.08 Å². The first kappa shape index (κ1) is 10.6. The van der Waals surface area contributed by atoms with Crippen LogP contribution in [-0.4, -0.2) is 17.2 Å². The topological polar surface area (TPSA) is 80.4 Å². The minimum atomic E-state index is -4.35. The highest BCUT2D eigenvalue weighted by atomic mass is 35.5. The van der Waals surface area contributed by atoms with Gasteiger partial charge in [0.1, 0.15) is 0 Å². The molecule has 0 amide bonds. The van der Waals surface area contributed by atoms with Crippen LogP contribution in [0.15, 0.2) is 23.9 Å². The average molecular weight is 224 g/mol. The van der Waals surface area contributed by atoms with E-state index in [2.05, 4.69) is 0 Å². The van der Waals surface area contributed by atoms with E-state index in [9.17, 15) is 8.42 Å². The summed E-state index contributed by atoms with van der Waals surface area (Å²) in [7, 11) is -4.35. The van der Waals surface area contributed by atoms with Gasteiger partial charge in [-0.05, 0) is 12.2 Å². The maximum absolute atomic E-state index is 11.0. The second kappa shape index (κ2) is 3.01. The predicted molar refractivity (Wildman–Crippen MR) is 50.7 cm³/mol. The van der Waals surface area contributed by atoms with Crippen molar-refractivity contribution in [1.82, 2.24) is 0 Å². The van der Waals surface area contributed by atoms with E-state index in [4.69, 9.17) is 21.9 Å². The molecule has 0 aromatic heterocycles. The van der Waals surface area contributed by atoms with Gasteiger partial charge in [-0.25, -0.2) is 0 Å². The largest absolute Gasteiger partial charge is 0.399 e. The highest BCUT2D eigenvalue weighted by molar-refractivity contribution is 7.88. The first-order chi connectivity index (χ1) is 5.77. The highest BCUT2D eigenvalue weighted by Crippen LogP contribution is 2.36. The van der Waals surface area contributed by atoms with Crippen molar-refractivity contribution < 1.29 is 13.0 Å². The Morgan fingerprint density at radius 3 is 2.62 bits per heavy atom. The molecule has 4 nitrogen and oxygen atoms in total. The fraction of sp³-hybridized carbons (Fsp3) is 0.429. The summed E-state index contributed by atoms with van der Waals surface area (Å²) in [5.74, 6) is -0.517. The zero-order valence-electron chi connectivity index (χ0n) is 6.94. The van der Waals surface area contributed by atoms with Gasteiger partial charge >= 0.3 is 0 Å². The monoisotopic (exact) mass is 223 g/mol. The third-order valence-corrected chi connectivity index (χ3v) is 4.28. The zero-order valence-corrected chi connectivity index (χ0v) is 8.51. The molecular formula is C7H10ClNO3S. The van der Waals surface area contributed by atoms with Gasteiger partial charge in [0, 0.05) is 11.6 Å². The molecule has 13 heavy (non-hydrogen) atoms. The number of rotatable bonds is 1. The Balaban J connectivity index is 3.25. The Bertz CT molecular complexity index is 373. The van der Waals surface area contributed by atoms with Gasteiger partial charge in [0.2, 0.25) is 0 Å². The van der Waals surface area contributed by atoms with Crippen molar-refractivity contribution in [2.75, 3.05) is 0 Å². The second-order valence-corrected chi connectivity index (χ2v) is 5.44. The molecule has 0 saturated heterocycles. The van der Waals surface area contributed by atoms with Gasteiger partial charge in [-0.15, -0.1) is 0 Å². The molecule has 2 unspecified atom stereocenters. The van der Waals surface area contributed by atoms with Crippen LogP contribution in [-0.2, 0) is 10.1 Å². The lowest BCUT2D eigenvalue weighted by molar-refractivity contribution is 0.453. The quantitative estimate of drug-likeness (QED) is 0.510. The Kier molecular flexibility index (Phi) is 2.44. The van der Waals surface area contributed by atoms with Crippen molar-refractivity contribution in [2.45, 2.75) is 11.1 Å². The van der Waals surface area contributed by atoms with Crippen LogP contribution in [0, 0.1) is 5.92 Å². The van der Waals surface area contributed by atoms with Crippen LogP contribution in [0.1, 0.15) is 6.92 Å². The van der Waals surface area contributed by atoms with Gasteiger partial charge in [-0.2, -0.15) is 8.42 Å². The predicted octanol–water partition coefficient (Wildman–Crippen LogP) is 0.858. The number of alkyl halides is 1. The van der Waals surface area contributed by atoms with Crippen LogP contribution in [0.25, 0.3) is 0 Å². The number of halogens is 1. The normalized spacial score (nSPS) is 34.4. The zero-order chi connectivity index (χ0) is 10.3. The molecule has 0 aromatic rings. The summed E-state index contributed by atoms with van der Waals surface area (Å²) < 4.78 is 29.0. The standard InChI is InChI=1S/C7H10ClNO3S/c1-5-2-3-6(9)4-7(5,8)13(10,11)12/h2-5H,9H2,1H3,(H,10,11,12). The van der Waals surface area contributed by atoms with E-state index in [0.29, 0.717) is 0 Å². The number of allylic oxidation sites excluding steroid dienone is 2. The molecule has 0 saturated carbocycles. The molecule has 1 rings (SSSR count). The van der Waals surface area contributed by atoms with Gasteiger partial charge in [-0.3, -0.25) is 4.55 Å². The fourth-order valence-corrected chi connectivity index (χ4v) is 2.13. The first-order valence-corrected chi connectivity index (χ1v) is 5.41. The van der Waals surface area contributed by atoms with Crippen LogP contribution >= 0.6 is 11.6 Å². The Hall–Kier alpha value is -0.520. The van der Waals surface area contributed by atoms with E-state index in [-0.39, 0.29) is 5.70 Å². The van der Waals surface area contributed by atoms with E-state index in [1.807, 2.05) is 0 Å². The summed E-state index contributed by atoms with van der Waals surface area (Å²) >= 11 is 5.75. The minimum absolute atomic E-state index is 0.228. The lowest BCUT2D eigenvalue weighted by Gasteiger charge is -2.27. The molecule has 0 spiro atoms. The molecular weight excluding hydrogens is 214 g/mol. The van der Waals surface area contributed by atoms with Gasteiger partial charge in [0.05, 0.1) is 0 Å². The van der Waals surface area contributed by atoms with Crippen LogP contribution < -0.4 is 5.73 Å². The number of hydrogen-bond donors (Lipinski definition) is 2. The molecule has 0 fully saturated rings. The fourth-order valence-electron chi connectivity index (χ4n) is 1.10. The van der Waals surface area contributed by atoms with Crippen molar-refractivity contribution in [3.8, 4) is 0 Å². The van der Waals surface area contributed by atoms with Crippen molar-refractivity contribution in [1.29, 1.82) is 0 Å². The van der Waals surface area contributed by atoms with Crippen LogP contribution in [0.3, 0.4) is 0 Å². The van der Waals surface area contributed by atoms with E-state index in [1.54, 1.807) is 13.0 Å². The van der Waals surface area contributed by atoms with E-state index >= 15 is 0 Å². The summed E-state index contributed by atoms with van der Waals surface area (Å²) in [5, 5.41) is 0. The van der Waals surface area contributed by atoms with Crippen molar-refractivity contribution in [3.63, 3.8) is 0 Å². The van der Waals surface area contributed by atoms with Crippen LogP contribution in [0.2, 0.25) is 0 Å². The molecule has 1 aliphatic rings. The molecule has 6 heteroatoms. The molecule has 2 atom stereocenters. The Morgan fingerprint density at radius 1 is 1.69 bits per heavy atom. The summed E-state index contributed by atoms with van der Waals surface area (Å²) in [6.07, 6.45) is 4.22. The third kappa shape index (κ3) is 1.72. The average Bonchev–Trinajstić information content (AvgIpc) is 1.95. The maximum Gasteiger partial charge on any atom is 0.289 e. The summed E-state index contributed by atoms with van der Waals surface area (Å²) in [6, 6.07) is 0. The van der Waals surface area contributed by atoms with Gasteiger partial charge in [-0.1, -0.05) is 24.6 Å². The molecule has 0 radical (unpaired) electrons. The van der Waals surface area contributed by atoms with Gasteiger partial charge < -0.3 is 5.73 Å². The first-order valence-electron chi connectivity index (χ1n) is 3.60. The van der Waals surface area contributed by atoms with Crippen molar-refractivity contribution >= 4 is 21.7 Å². The molecule has 3 N–H and O–H groups in total. The molecule has 0 aromatic carbocycles. The van der Waals surface area contributed by atoms with Crippen molar-refractivity contribution in [3.05, 3.63) is 23.9 Å². The van der Waals surface area contributed by atoms with Crippen molar-refractivity contribution in [2.24, 2.45) is 11.7 Å². The van der Waals surface area contributed by atoms with E-state index in [1.165, 1.54) is 6.08 Å². The smallest absolute Gasteiger partial charge is 0.289 e. The summed E-state index contributed by atoms with van der Waals surface area (Å²) in [4.78, 5) is 0. The molecule has 0 aliphatic heterocycles. The van der Waals surface area contributed by atoms with Gasteiger partial charge in [0.25, 0.3) is 10.1 Å². The molecule has 1 aliphatic carbocycles. The lowest BCUT2D eigenvalue weighted by Crippen LogP contribution is -2.38. The third-order valence-electron chi connectivity index (χ3n) is 1.96.